The highest BCUT2D eigenvalue weighted by atomic mass is 16.7. The summed E-state index contributed by atoms with van der Waals surface area (Å²) in [7, 11) is -0.237. The number of hydrogen-bond acceptors (Lipinski definition) is 5. The zero-order chi connectivity index (χ0) is 9.14. The molecule has 0 aromatic rings. The van der Waals surface area contributed by atoms with Crippen molar-refractivity contribution in [1.82, 2.24) is 0 Å². The molecular weight excluding hydrogens is 152 g/mol. The average Bonchev–Trinajstić information content (AvgIpc) is 2.30. The first-order valence-corrected chi connectivity index (χ1v) is 3.23. The predicted molar refractivity (Wildman–Crippen MR) is 34.8 cm³/mol. The van der Waals surface area contributed by atoms with Gasteiger partial charge in [0.1, 0.15) is 18.3 Å². The largest absolute Gasteiger partial charge is 0.387 e. The molecular formula is C6H12O5. The van der Waals surface area contributed by atoms with Crippen molar-refractivity contribution in [2.24, 2.45) is 0 Å². The van der Waals surface area contributed by atoms with Crippen LogP contribution in [-0.2, 0) is 9.47 Å². The molecule has 1 aliphatic heterocycles. The fraction of sp³-hybridized carbons (Fsp3) is 1.00. The third-order valence-corrected chi connectivity index (χ3v) is 1.62. The van der Waals surface area contributed by atoms with E-state index >= 15 is 0 Å². The van der Waals surface area contributed by atoms with Crippen LogP contribution in [0.4, 0.5) is 0 Å². The van der Waals surface area contributed by atoms with Gasteiger partial charge in [-0.05, 0) is 0 Å². The zero-order valence-electron chi connectivity index (χ0n) is 6.88. The Labute approximate surface area is 65.6 Å². The van der Waals surface area contributed by atoms with Crippen LogP contribution in [-0.4, -0.2) is 53.6 Å². The first-order chi connectivity index (χ1) is 5.66. The van der Waals surface area contributed by atoms with Crippen LogP contribution in [0.25, 0.3) is 0 Å². The van der Waals surface area contributed by atoms with Gasteiger partial charge in [0.05, 0.1) is 7.98 Å². The van der Waals surface area contributed by atoms with E-state index in [1.54, 1.807) is 0 Å². The maximum absolute atomic E-state index is 9.18. The number of aliphatic hydroxyl groups excluding tert-OH is 3. The fourth-order valence-electron chi connectivity index (χ4n) is 0.983. The minimum Gasteiger partial charge on any atom is -0.387 e. The molecule has 1 rings (SSSR count). The maximum Gasteiger partial charge on any atom is 0.184 e. The van der Waals surface area contributed by atoms with Crippen LogP contribution in [0.15, 0.2) is 0 Å². The van der Waals surface area contributed by atoms with Crippen molar-refractivity contribution in [2.75, 3.05) is 13.7 Å². The van der Waals surface area contributed by atoms with Crippen LogP contribution in [0, 0.1) is 0 Å². The van der Waals surface area contributed by atoms with Crippen LogP contribution in [0.3, 0.4) is 0 Å². The third-order valence-electron chi connectivity index (χ3n) is 1.62. The Morgan fingerprint density at radius 2 is 2.18 bits per heavy atom. The van der Waals surface area contributed by atoms with Gasteiger partial charge in [0.2, 0.25) is 0 Å². The SMILES string of the molecule is [2H]COC[C@H]1OC(O)[C@H](O)[C@@H]1O. The van der Waals surface area contributed by atoms with Gasteiger partial charge in [-0.2, -0.15) is 0 Å². The van der Waals surface area contributed by atoms with Crippen molar-refractivity contribution in [3.05, 3.63) is 0 Å². The Hall–Kier alpha value is -0.200. The molecule has 0 amide bonds. The van der Waals surface area contributed by atoms with Crippen molar-refractivity contribution < 1.29 is 26.2 Å². The maximum atomic E-state index is 9.18. The summed E-state index contributed by atoms with van der Waals surface area (Å²) < 4.78 is 16.0. The van der Waals surface area contributed by atoms with Gasteiger partial charge in [-0.15, -0.1) is 0 Å². The lowest BCUT2D eigenvalue weighted by Gasteiger charge is -2.11. The van der Waals surface area contributed by atoms with E-state index in [1.165, 1.54) is 0 Å². The Morgan fingerprint density at radius 1 is 1.45 bits per heavy atom. The summed E-state index contributed by atoms with van der Waals surface area (Å²) in [5.41, 5.74) is 0. The monoisotopic (exact) mass is 165 g/mol. The quantitative estimate of drug-likeness (QED) is 0.444. The molecule has 1 fully saturated rings. The van der Waals surface area contributed by atoms with Crippen molar-refractivity contribution in [3.63, 3.8) is 0 Å². The van der Waals surface area contributed by atoms with Gasteiger partial charge in [-0.1, -0.05) is 0 Å². The van der Waals surface area contributed by atoms with E-state index in [4.69, 9.17) is 16.3 Å². The van der Waals surface area contributed by atoms with Crippen LogP contribution >= 0.6 is 0 Å². The normalized spacial score (nSPS) is 45.9. The molecule has 0 bridgehead atoms. The second-order valence-corrected chi connectivity index (χ2v) is 2.42. The van der Waals surface area contributed by atoms with E-state index in [-0.39, 0.29) is 13.7 Å². The number of hydrogen-bond donors (Lipinski definition) is 3. The molecule has 4 atom stereocenters. The smallest absolute Gasteiger partial charge is 0.184 e. The molecule has 1 unspecified atom stereocenters. The molecule has 1 heterocycles. The summed E-state index contributed by atoms with van der Waals surface area (Å²) in [5.74, 6) is 0. The zero-order valence-corrected chi connectivity index (χ0v) is 5.88. The van der Waals surface area contributed by atoms with Crippen molar-refractivity contribution in [2.45, 2.75) is 24.6 Å². The van der Waals surface area contributed by atoms with E-state index in [9.17, 15) is 5.11 Å². The Bertz CT molecular complexity index is 144. The first-order valence-electron chi connectivity index (χ1n) is 3.94. The van der Waals surface area contributed by atoms with Gasteiger partial charge in [0.15, 0.2) is 6.29 Å². The molecule has 1 aliphatic rings. The van der Waals surface area contributed by atoms with E-state index in [0.29, 0.717) is 0 Å². The number of methoxy groups -OCH3 is 1. The van der Waals surface area contributed by atoms with Gasteiger partial charge >= 0.3 is 0 Å². The molecule has 0 spiro atoms. The highest BCUT2D eigenvalue weighted by molar-refractivity contribution is 4.85. The second kappa shape index (κ2) is 3.46. The summed E-state index contributed by atoms with van der Waals surface area (Å²) >= 11 is 0. The molecule has 0 saturated carbocycles. The Kier molecular flexibility index (Phi) is 2.35. The Balaban J connectivity index is 2.36. The van der Waals surface area contributed by atoms with Gasteiger partial charge in [0, 0.05) is 7.09 Å². The average molecular weight is 165 g/mol. The first kappa shape index (κ1) is 7.45. The molecule has 5 heteroatoms. The third kappa shape index (κ3) is 1.69. The van der Waals surface area contributed by atoms with Crippen LogP contribution in [0.5, 0.6) is 0 Å². The van der Waals surface area contributed by atoms with Gasteiger partial charge in [-0.3, -0.25) is 0 Å². The minimum atomic E-state index is -1.36. The fourth-order valence-corrected chi connectivity index (χ4v) is 0.983. The van der Waals surface area contributed by atoms with Crippen LogP contribution < -0.4 is 0 Å². The van der Waals surface area contributed by atoms with Gasteiger partial charge in [-0.25, -0.2) is 0 Å². The van der Waals surface area contributed by atoms with Crippen molar-refractivity contribution in [3.8, 4) is 0 Å². The topological polar surface area (TPSA) is 79.2 Å². The summed E-state index contributed by atoms with van der Waals surface area (Å²) in [6.07, 6.45) is -4.55. The minimum absolute atomic E-state index is 0.00120. The van der Waals surface area contributed by atoms with Crippen LogP contribution in [0.1, 0.15) is 1.37 Å². The number of aliphatic hydroxyl groups is 3. The lowest BCUT2D eigenvalue weighted by atomic mass is 10.1. The molecule has 0 aromatic carbocycles. The highest BCUT2D eigenvalue weighted by Crippen LogP contribution is 2.19. The molecule has 11 heavy (non-hydrogen) atoms. The Morgan fingerprint density at radius 3 is 2.64 bits per heavy atom. The van der Waals surface area contributed by atoms with Gasteiger partial charge in [0.25, 0.3) is 0 Å². The summed E-state index contributed by atoms with van der Waals surface area (Å²) in [4.78, 5) is 0. The lowest BCUT2D eigenvalue weighted by Crippen LogP contribution is -2.34. The van der Waals surface area contributed by atoms with E-state index < -0.39 is 24.6 Å². The summed E-state index contributed by atoms with van der Waals surface area (Å²) in [6.45, 7) is -0.00120. The van der Waals surface area contributed by atoms with Gasteiger partial charge < -0.3 is 24.8 Å². The molecule has 66 valence electrons. The highest BCUT2D eigenvalue weighted by Gasteiger charge is 2.41. The summed E-state index contributed by atoms with van der Waals surface area (Å²) in [5, 5.41) is 27.1. The predicted octanol–water partition coefficient (Wildman–Crippen LogP) is -1.93. The van der Waals surface area contributed by atoms with Crippen molar-refractivity contribution in [1.29, 1.82) is 0 Å². The van der Waals surface area contributed by atoms with E-state index in [0.717, 1.165) is 0 Å². The molecule has 0 aromatic heterocycles. The second-order valence-electron chi connectivity index (χ2n) is 2.42. The standard InChI is InChI=1S/C6H12O5/c1-10-2-3-4(7)5(8)6(9)11-3/h3-9H,2H2,1H3/t3-,4-,5-,6?/m1/s1/i1D. The van der Waals surface area contributed by atoms with Crippen molar-refractivity contribution >= 4 is 0 Å². The molecule has 1 saturated heterocycles. The van der Waals surface area contributed by atoms with E-state index in [1.807, 2.05) is 0 Å². The number of ether oxygens (including phenoxy) is 2. The van der Waals surface area contributed by atoms with Crippen LogP contribution in [0.2, 0.25) is 0 Å². The molecule has 0 radical (unpaired) electrons. The summed E-state index contributed by atoms with van der Waals surface area (Å²) in [6, 6.07) is 0. The lowest BCUT2D eigenvalue weighted by molar-refractivity contribution is -0.134. The molecule has 0 aliphatic carbocycles. The van der Waals surface area contributed by atoms with E-state index in [2.05, 4.69) is 4.74 Å². The molecule has 3 N–H and O–H groups in total. The molecule has 5 nitrogen and oxygen atoms in total. The number of rotatable bonds is 2.